The average Bonchev–Trinajstić information content (AvgIpc) is 2.00. The Labute approximate surface area is 99.4 Å². The molecule has 0 amide bonds. The van der Waals surface area contributed by atoms with Gasteiger partial charge in [-0.2, -0.15) is 0 Å². The van der Waals surface area contributed by atoms with E-state index in [-0.39, 0.29) is 5.60 Å². The van der Waals surface area contributed by atoms with E-state index < -0.39 is 5.79 Å². The van der Waals surface area contributed by atoms with Crippen LogP contribution in [0.5, 0.6) is 0 Å². The van der Waals surface area contributed by atoms with Gasteiger partial charge in [-0.05, 0) is 39.8 Å². The van der Waals surface area contributed by atoms with Gasteiger partial charge in [0.1, 0.15) is 0 Å². The van der Waals surface area contributed by atoms with E-state index in [1.807, 2.05) is 45.0 Å². The summed E-state index contributed by atoms with van der Waals surface area (Å²) in [6.45, 7) is 7.41. The van der Waals surface area contributed by atoms with Crippen LogP contribution in [-0.2, 0) is 10.5 Å². The number of ether oxygens (including phenoxy) is 1. The molecular weight excluding hydrogens is 256 g/mol. The molecule has 15 heavy (non-hydrogen) atoms. The molecular formula is C12H17BrO2. The van der Waals surface area contributed by atoms with Crippen LogP contribution < -0.4 is 0 Å². The Hall–Kier alpha value is -0.380. The molecule has 1 N–H and O–H groups in total. The molecule has 0 radical (unpaired) electrons. The first-order valence-corrected chi connectivity index (χ1v) is 5.69. The van der Waals surface area contributed by atoms with Gasteiger partial charge in [-0.25, -0.2) is 0 Å². The lowest BCUT2D eigenvalue weighted by molar-refractivity contribution is -0.250. The highest BCUT2D eigenvalue weighted by Crippen LogP contribution is 2.28. The number of hydrogen-bond acceptors (Lipinski definition) is 2. The average molecular weight is 273 g/mol. The maximum atomic E-state index is 10.2. The number of halogens is 1. The number of rotatable bonds is 2. The second-order valence-electron chi connectivity index (χ2n) is 4.70. The van der Waals surface area contributed by atoms with E-state index in [0.717, 1.165) is 10.0 Å². The van der Waals surface area contributed by atoms with Crippen LogP contribution >= 0.6 is 15.9 Å². The summed E-state index contributed by atoms with van der Waals surface area (Å²) in [6, 6.07) is 7.46. The topological polar surface area (TPSA) is 29.5 Å². The van der Waals surface area contributed by atoms with Gasteiger partial charge in [0.05, 0.1) is 5.60 Å². The van der Waals surface area contributed by atoms with Crippen molar-refractivity contribution in [1.82, 2.24) is 0 Å². The molecule has 1 unspecified atom stereocenters. The van der Waals surface area contributed by atoms with Crippen LogP contribution in [0.3, 0.4) is 0 Å². The van der Waals surface area contributed by atoms with Crippen molar-refractivity contribution in [3.8, 4) is 0 Å². The molecule has 0 spiro atoms. The van der Waals surface area contributed by atoms with Crippen LogP contribution in [-0.4, -0.2) is 10.7 Å². The van der Waals surface area contributed by atoms with Crippen LogP contribution in [0.4, 0.5) is 0 Å². The van der Waals surface area contributed by atoms with Gasteiger partial charge in [0, 0.05) is 10.0 Å². The first kappa shape index (κ1) is 12.7. The summed E-state index contributed by atoms with van der Waals surface area (Å²) in [5, 5.41) is 10.2. The van der Waals surface area contributed by atoms with Crippen molar-refractivity contribution >= 4 is 15.9 Å². The van der Waals surface area contributed by atoms with E-state index in [2.05, 4.69) is 15.9 Å². The summed E-state index contributed by atoms with van der Waals surface area (Å²) in [5.74, 6) is -1.25. The third-order valence-corrected chi connectivity index (χ3v) is 2.41. The summed E-state index contributed by atoms with van der Waals surface area (Å²) >= 11 is 3.35. The zero-order valence-electron chi connectivity index (χ0n) is 9.54. The van der Waals surface area contributed by atoms with Crippen LogP contribution in [0.2, 0.25) is 0 Å². The molecule has 0 saturated carbocycles. The van der Waals surface area contributed by atoms with E-state index in [1.165, 1.54) is 0 Å². The molecule has 84 valence electrons. The fourth-order valence-electron chi connectivity index (χ4n) is 1.41. The highest BCUT2D eigenvalue weighted by Gasteiger charge is 2.29. The first-order chi connectivity index (χ1) is 6.71. The third-order valence-electron chi connectivity index (χ3n) is 1.88. The predicted molar refractivity (Wildman–Crippen MR) is 64.6 cm³/mol. The second kappa shape index (κ2) is 4.24. The number of hydrogen-bond donors (Lipinski definition) is 1. The van der Waals surface area contributed by atoms with Crippen LogP contribution in [0.1, 0.15) is 33.3 Å². The lowest BCUT2D eigenvalue weighted by Gasteiger charge is -2.32. The fraction of sp³-hybridized carbons (Fsp3) is 0.500. The SMILES string of the molecule is CC(C)(C)OC(C)(O)c1ccc(Br)cc1. The number of benzene rings is 1. The van der Waals surface area contributed by atoms with E-state index in [4.69, 9.17) is 4.74 Å². The summed E-state index contributed by atoms with van der Waals surface area (Å²) in [7, 11) is 0. The minimum absolute atomic E-state index is 0.378. The zero-order chi connectivity index (χ0) is 11.7. The molecule has 3 heteroatoms. The molecule has 0 heterocycles. The molecule has 0 bridgehead atoms. The number of aliphatic hydroxyl groups is 1. The van der Waals surface area contributed by atoms with Gasteiger partial charge >= 0.3 is 0 Å². The predicted octanol–water partition coefficient (Wildman–Crippen LogP) is 3.43. The Balaban J connectivity index is 2.90. The van der Waals surface area contributed by atoms with Gasteiger partial charge in [-0.15, -0.1) is 0 Å². The monoisotopic (exact) mass is 272 g/mol. The highest BCUT2D eigenvalue weighted by atomic mass is 79.9. The normalized spacial score (nSPS) is 16.1. The zero-order valence-corrected chi connectivity index (χ0v) is 11.1. The van der Waals surface area contributed by atoms with Gasteiger partial charge in [0.15, 0.2) is 5.79 Å². The van der Waals surface area contributed by atoms with Gasteiger partial charge < -0.3 is 9.84 Å². The van der Waals surface area contributed by atoms with Crippen molar-refractivity contribution in [2.45, 2.75) is 39.1 Å². The summed E-state index contributed by atoms with van der Waals surface area (Å²) < 4.78 is 6.58. The van der Waals surface area contributed by atoms with Crippen molar-refractivity contribution in [3.63, 3.8) is 0 Å². The van der Waals surface area contributed by atoms with E-state index >= 15 is 0 Å². The molecule has 1 atom stereocenters. The molecule has 1 rings (SSSR count). The molecule has 0 aromatic heterocycles. The quantitative estimate of drug-likeness (QED) is 0.836. The van der Waals surface area contributed by atoms with Crippen molar-refractivity contribution in [3.05, 3.63) is 34.3 Å². The minimum Gasteiger partial charge on any atom is -0.362 e. The maximum Gasteiger partial charge on any atom is 0.189 e. The lowest BCUT2D eigenvalue weighted by atomic mass is 10.1. The summed E-state index contributed by atoms with van der Waals surface area (Å²) in [6.07, 6.45) is 0. The molecule has 0 fully saturated rings. The lowest BCUT2D eigenvalue weighted by Crippen LogP contribution is -2.34. The second-order valence-corrected chi connectivity index (χ2v) is 5.62. The molecule has 2 nitrogen and oxygen atoms in total. The van der Waals surface area contributed by atoms with Crippen molar-refractivity contribution in [2.75, 3.05) is 0 Å². The molecule has 0 saturated heterocycles. The van der Waals surface area contributed by atoms with Crippen LogP contribution in [0.15, 0.2) is 28.7 Å². The van der Waals surface area contributed by atoms with Gasteiger partial charge in [-0.1, -0.05) is 28.1 Å². The standard InChI is InChI=1S/C12H17BrO2/c1-11(2,3)15-12(4,14)9-5-7-10(13)8-6-9/h5-8,14H,1-4H3. The molecule has 0 aliphatic heterocycles. The van der Waals surface area contributed by atoms with Gasteiger partial charge in [-0.3, -0.25) is 0 Å². The molecule has 1 aromatic rings. The first-order valence-electron chi connectivity index (χ1n) is 4.89. The van der Waals surface area contributed by atoms with Crippen molar-refractivity contribution in [2.24, 2.45) is 0 Å². The Morgan fingerprint density at radius 2 is 1.53 bits per heavy atom. The summed E-state index contributed by atoms with van der Waals surface area (Å²) in [5.41, 5.74) is 0.372. The molecule has 0 aliphatic carbocycles. The van der Waals surface area contributed by atoms with Gasteiger partial charge in [0.25, 0.3) is 0 Å². The minimum atomic E-state index is -1.25. The third kappa shape index (κ3) is 3.93. The Morgan fingerprint density at radius 3 is 1.93 bits per heavy atom. The van der Waals surface area contributed by atoms with Crippen molar-refractivity contribution in [1.29, 1.82) is 0 Å². The summed E-state index contributed by atoms with van der Waals surface area (Å²) in [4.78, 5) is 0. The van der Waals surface area contributed by atoms with Gasteiger partial charge in [0.2, 0.25) is 0 Å². The van der Waals surface area contributed by atoms with Crippen LogP contribution in [0, 0.1) is 0 Å². The smallest absolute Gasteiger partial charge is 0.189 e. The largest absolute Gasteiger partial charge is 0.362 e. The Bertz CT molecular complexity index is 322. The van der Waals surface area contributed by atoms with E-state index in [0.29, 0.717) is 0 Å². The van der Waals surface area contributed by atoms with E-state index in [9.17, 15) is 5.11 Å². The van der Waals surface area contributed by atoms with Crippen LogP contribution in [0.25, 0.3) is 0 Å². The van der Waals surface area contributed by atoms with Crippen molar-refractivity contribution < 1.29 is 9.84 Å². The molecule has 0 aliphatic rings. The highest BCUT2D eigenvalue weighted by molar-refractivity contribution is 9.10. The molecule has 1 aromatic carbocycles. The fourth-order valence-corrected chi connectivity index (χ4v) is 1.68. The Morgan fingerprint density at radius 1 is 1.07 bits per heavy atom. The van der Waals surface area contributed by atoms with E-state index in [1.54, 1.807) is 6.92 Å². The Kier molecular flexibility index (Phi) is 3.59. The maximum absolute atomic E-state index is 10.2.